The molecule has 1 N–H and O–H groups in total. The maximum absolute atomic E-state index is 12.5. The number of pyridine rings is 1. The largest absolute Gasteiger partial charge is 0.408 e. The molecule has 7 nitrogen and oxygen atoms in total. The van der Waals surface area contributed by atoms with Gasteiger partial charge in [-0.3, -0.25) is 19.6 Å². The molecule has 1 aliphatic heterocycles. The average molecular weight is 329 g/mol. The number of carbonyl (C=O) groups excluding carboxylic acids is 1. The zero-order valence-electron chi connectivity index (χ0n) is 11.9. The summed E-state index contributed by atoms with van der Waals surface area (Å²) in [4.78, 5) is 13.6. The smallest absolute Gasteiger partial charge is 0.351 e. The molecular formula is C13H12F3N4O3+. The quantitative estimate of drug-likeness (QED) is 0.680. The van der Waals surface area contributed by atoms with Crippen molar-refractivity contribution >= 4 is 11.6 Å². The van der Waals surface area contributed by atoms with E-state index in [9.17, 15) is 23.2 Å². The van der Waals surface area contributed by atoms with Gasteiger partial charge in [0.2, 0.25) is 12.4 Å². The van der Waals surface area contributed by atoms with Crippen LogP contribution in [-0.2, 0) is 11.3 Å². The lowest BCUT2D eigenvalue weighted by molar-refractivity contribution is -0.911. The summed E-state index contributed by atoms with van der Waals surface area (Å²) >= 11 is 0. The van der Waals surface area contributed by atoms with Gasteiger partial charge in [0.05, 0.1) is 11.9 Å². The number of ether oxygens (including phenoxy) is 1. The van der Waals surface area contributed by atoms with Crippen molar-refractivity contribution in [2.24, 2.45) is 0 Å². The lowest BCUT2D eigenvalue weighted by Gasteiger charge is -2.19. The Morgan fingerprint density at radius 1 is 1.48 bits per heavy atom. The molecular weight excluding hydrogens is 317 g/mol. The van der Waals surface area contributed by atoms with Gasteiger partial charge in [-0.2, -0.15) is 18.3 Å². The number of hydrogen-bond acceptors (Lipinski definition) is 4. The minimum atomic E-state index is -4.42. The summed E-state index contributed by atoms with van der Waals surface area (Å²) in [6, 6.07) is 2.97. The Balaban J connectivity index is 1.98. The van der Waals surface area contributed by atoms with Crippen LogP contribution in [0.1, 0.15) is 22.3 Å². The number of amides is 1. The summed E-state index contributed by atoms with van der Waals surface area (Å²) in [5.41, 5.74) is 0.538. The molecule has 0 saturated heterocycles. The van der Waals surface area contributed by atoms with Gasteiger partial charge in [-0.25, -0.2) is 0 Å². The van der Waals surface area contributed by atoms with Crippen molar-refractivity contribution in [2.45, 2.75) is 18.9 Å². The van der Waals surface area contributed by atoms with Crippen molar-refractivity contribution in [3.63, 3.8) is 0 Å². The summed E-state index contributed by atoms with van der Waals surface area (Å²) in [6.07, 6.45) is -1.81. The number of alkyl halides is 3. The molecule has 2 aromatic heterocycles. The fourth-order valence-corrected chi connectivity index (χ4v) is 2.51. The van der Waals surface area contributed by atoms with E-state index in [0.717, 1.165) is 22.0 Å². The van der Waals surface area contributed by atoms with Crippen LogP contribution >= 0.6 is 0 Å². The van der Waals surface area contributed by atoms with Crippen LogP contribution in [0.4, 0.5) is 18.9 Å². The van der Waals surface area contributed by atoms with Crippen molar-refractivity contribution < 1.29 is 32.6 Å². The molecule has 122 valence electrons. The lowest BCUT2D eigenvalue weighted by Crippen LogP contribution is -2.38. The summed E-state index contributed by atoms with van der Waals surface area (Å²) in [5, 5.41) is 13.5. The van der Waals surface area contributed by atoms with Crippen LogP contribution in [-0.4, -0.2) is 34.2 Å². The maximum Gasteiger partial charge on any atom is 0.408 e. The Bertz CT molecular complexity index is 759. The van der Waals surface area contributed by atoms with Gasteiger partial charge in [0.1, 0.15) is 12.1 Å². The first-order valence-corrected chi connectivity index (χ1v) is 6.51. The van der Waals surface area contributed by atoms with E-state index in [0.29, 0.717) is 4.68 Å². The molecule has 0 spiro atoms. The predicted molar refractivity (Wildman–Crippen MR) is 68.7 cm³/mol. The normalized spacial score (nSPS) is 17.7. The van der Waals surface area contributed by atoms with E-state index in [4.69, 9.17) is 4.74 Å². The van der Waals surface area contributed by atoms with Crippen molar-refractivity contribution in [1.82, 2.24) is 9.78 Å². The van der Waals surface area contributed by atoms with Gasteiger partial charge in [0.25, 0.3) is 11.6 Å². The first-order valence-electron chi connectivity index (χ1n) is 6.51. The standard InChI is InChI=1S/C13H12F3N4O3/c1-23-12-10-9(3-2-4-19(10)22)11(21)20(12)8-5-17-18(6-8)7-13(14,15)16/h2-6,12,22H,7H2,1H3/q+1. The summed E-state index contributed by atoms with van der Waals surface area (Å²) in [7, 11) is 1.33. The van der Waals surface area contributed by atoms with Gasteiger partial charge in [0, 0.05) is 24.1 Å². The Morgan fingerprint density at radius 3 is 2.87 bits per heavy atom. The van der Waals surface area contributed by atoms with Gasteiger partial charge in [-0.05, 0) is 6.07 Å². The first kappa shape index (κ1) is 15.3. The molecule has 1 aliphatic rings. The van der Waals surface area contributed by atoms with E-state index in [-0.39, 0.29) is 16.9 Å². The molecule has 10 heteroatoms. The molecule has 0 aliphatic carbocycles. The second-order valence-corrected chi connectivity index (χ2v) is 4.93. The minimum Gasteiger partial charge on any atom is -0.351 e. The molecule has 1 atom stereocenters. The molecule has 0 bridgehead atoms. The Kier molecular flexibility index (Phi) is 3.48. The molecule has 0 saturated carbocycles. The van der Waals surface area contributed by atoms with E-state index in [2.05, 4.69) is 5.10 Å². The van der Waals surface area contributed by atoms with E-state index in [1.807, 2.05) is 0 Å². The number of carbonyl (C=O) groups is 1. The van der Waals surface area contributed by atoms with Crippen LogP contribution in [0.3, 0.4) is 0 Å². The highest BCUT2D eigenvalue weighted by molar-refractivity contribution is 6.09. The highest BCUT2D eigenvalue weighted by Crippen LogP contribution is 2.35. The van der Waals surface area contributed by atoms with Gasteiger partial charge in [0.15, 0.2) is 0 Å². The Morgan fingerprint density at radius 2 is 2.22 bits per heavy atom. The fraction of sp³-hybridized carbons (Fsp3) is 0.308. The molecule has 2 aromatic rings. The van der Waals surface area contributed by atoms with Crippen LogP contribution in [0.25, 0.3) is 0 Å². The summed E-state index contributed by atoms with van der Waals surface area (Å²) in [5.74, 6) is -0.498. The third-order valence-corrected chi connectivity index (χ3v) is 3.39. The number of rotatable bonds is 3. The molecule has 1 unspecified atom stereocenters. The number of hydrogen-bond donors (Lipinski definition) is 1. The van der Waals surface area contributed by atoms with Gasteiger partial charge in [-0.15, -0.1) is 0 Å². The van der Waals surface area contributed by atoms with Crippen LogP contribution in [0.2, 0.25) is 0 Å². The van der Waals surface area contributed by atoms with E-state index >= 15 is 0 Å². The lowest BCUT2D eigenvalue weighted by atomic mass is 10.2. The number of methoxy groups -OCH3 is 1. The number of halogens is 3. The van der Waals surface area contributed by atoms with Gasteiger partial charge >= 0.3 is 6.18 Å². The monoisotopic (exact) mass is 329 g/mol. The molecule has 3 rings (SSSR count). The number of anilines is 1. The van der Waals surface area contributed by atoms with Crippen molar-refractivity contribution in [3.05, 3.63) is 42.0 Å². The third-order valence-electron chi connectivity index (χ3n) is 3.39. The van der Waals surface area contributed by atoms with Gasteiger partial charge < -0.3 is 4.74 Å². The Hall–Kier alpha value is -2.62. The molecule has 3 heterocycles. The molecule has 23 heavy (non-hydrogen) atoms. The highest BCUT2D eigenvalue weighted by atomic mass is 19.4. The summed E-state index contributed by atoms with van der Waals surface area (Å²) in [6.45, 7) is -1.26. The van der Waals surface area contributed by atoms with Crippen LogP contribution in [0.15, 0.2) is 30.7 Å². The molecule has 1 amide bonds. The van der Waals surface area contributed by atoms with E-state index < -0.39 is 24.9 Å². The minimum absolute atomic E-state index is 0.141. The predicted octanol–water partition coefficient (Wildman–Crippen LogP) is 1.28. The molecule has 0 aromatic carbocycles. The highest BCUT2D eigenvalue weighted by Gasteiger charge is 2.46. The molecule has 0 fully saturated rings. The molecule has 0 radical (unpaired) electrons. The fourth-order valence-electron chi connectivity index (χ4n) is 2.51. The summed E-state index contributed by atoms with van der Waals surface area (Å²) < 4.78 is 43.9. The first-order chi connectivity index (χ1) is 10.8. The number of nitrogens with zero attached hydrogens (tertiary/aromatic N) is 4. The second kappa shape index (κ2) is 5.23. The average Bonchev–Trinajstić information content (AvgIpc) is 3.00. The zero-order valence-corrected chi connectivity index (χ0v) is 11.9. The van der Waals surface area contributed by atoms with E-state index in [1.165, 1.54) is 25.4 Å². The van der Waals surface area contributed by atoms with Crippen LogP contribution in [0.5, 0.6) is 0 Å². The topological polar surface area (TPSA) is 71.5 Å². The Labute approximate surface area is 128 Å². The van der Waals surface area contributed by atoms with Crippen molar-refractivity contribution in [2.75, 3.05) is 12.0 Å². The second-order valence-electron chi connectivity index (χ2n) is 4.93. The van der Waals surface area contributed by atoms with Crippen LogP contribution < -0.4 is 9.63 Å². The van der Waals surface area contributed by atoms with E-state index in [1.54, 1.807) is 0 Å². The SMILES string of the molecule is COC1c2c(ccc[n+]2O)C(=O)N1c1cnn(CC(F)(F)F)c1. The number of fused-ring (bicyclic) bond motifs is 1. The van der Waals surface area contributed by atoms with Crippen LogP contribution in [0, 0.1) is 0 Å². The maximum atomic E-state index is 12.5. The van der Waals surface area contributed by atoms with Gasteiger partial charge in [-0.1, -0.05) is 0 Å². The van der Waals surface area contributed by atoms with Crippen molar-refractivity contribution in [3.8, 4) is 0 Å². The third kappa shape index (κ3) is 2.61. The number of aromatic nitrogens is 3. The van der Waals surface area contributed by atoms with Crippen molar-refractivity contribution in [1.29, 1.82) is 0 Å². The zero-order chi connectivity index (χ0) is 16.8.